The lowest BCUT2D eigenvalue weighted by Crippen LogP contribution is -1.85. The third kappa shape index (κ3) is 3.09. The molecule has 0 aliphatic heterocycles. The first-order valence-electron chi connectivity index (χ1n) is 8.20. The number of halogens is 1. The van der Waals surface area contributed by atoms with Gasteiger partial charge in [-0.15, -0.1) is 0 Å². The van der Waals surface area contributed by atoms with Gasteiger partial charge >= 0.3 is 0 Å². The van der Waals surface area contributed by atoms with E-state index in [0.29, 0.717) is 10.9 Å². The average molecular weight is 362 g/mol. The second-order valence-electron chi connectivity index (χ2n) is 5.81. The number of hydrogen-bond donors (Lipinski definition) is 0. The van der Waals surface area contributed by atoms with Crippen molar-refractivity contribution in [2.24, 2.45) is 0 Å². The third-order valence-corrected chi connectivity index (χ3v) is 4.36. The zero-order valence-electron chi connectivity index (χ0n) is 14.1. The van der Waals surface area contributed by atoms with Crippen LogP contribution < -0.4 is 0 Å². The molecule has 0 aliphatic carbocycles. The van der Waals surface area contributed by atoms with Crippen molar-refractivity contribution < 1.29 is 9.15 Å². The Bertz CT molecular complexity index is 1080. The largest absolute Gasteiger partial charge is 0.504 e. The van der Waals surface area contributed by atoms with Gasteiger partial charge in [0.2, 0.25) is 5.89 Å². The summed E-state index contributed by atoms with van der Waals surface area (Å²) in [7, 11) is 1.62. The predicted molar refractivity (Wildman–Crippen MR) is 106 cm³/mol. The minimum absolute atomic E-state index is 0.607. The standard InChI is InChI=1S/C22H16ClNO2/c1-25-13-12-16-14-17(23)10-11-18(16)19-8-5-9-20-21(19)26-22(24-20)15-6-3-2-4-7-15/h2-14H,1H3/b13-12+. The quantitative estimate of drug-likeness (QED) is 0.393. The molecule has 4 heteroatoms. The van der Waals surface area contributed by atoms with E-state index in [4.69, 9.17) is 20.8 Å². The van der Waals surface area contributed by atoms with E-state index >= 15 is 0 Å². The number of aromatic nitrogens is 1. The van der Waals surface area contributed by atoms with Gasteiger partial charge in [-0.3, -0.25) is 0 Å². The van der Waals surface area contributed by atoms with Crippen LogP contribution in [0.2, 0.25) is 5.02 Å². The van der Waals surface area contributed by atoms with E-state index in [9.17, 15) is 0 Å². The van der Waals surface area contributed by atoms with Gasteiger partial charge in [0.25, 0.3) is 0 Å². The first-order chi connectivity index (χ1) is 12.8. The fourth-order valence-corrected chi connectivity index (χ4v) is 3.10. The lowest BCUT2D eigenvalue weighted by atomic mass is 9.99. The molecule has 0 unspecified atom stereocenters. The van der Waals surface area contributed by atoms with E-state index in [1.54, 1.807) is 13.4 Å². The molecule has 128 valence electrons. The summed E-state index contributed by atoms with van der Waals surface area (Å²) < 4.78 is 11.2. The molecule has 0 spiro atoms. The fraction of sp³-hybridized carbons (Fsp3) is 0.0455. The Morgan fingerprint density at radius 1 is 0.962 bits per heavy atom. The number of rotatable bonds is 4. The third-order valence-electron chi connectivity index (χ3n) is 4.12. The molecule has 3 nitrogen and oxygen atoms in total. The Balaban J connectivity index is 1.90. The second kappa shape index (κ2) is 7.06. The van der Waals surface area contributed by atoms with Crippen LogP contribution in [0.25, 0.3) is 39.8 Å². The van der Waals surface area contributed by atoms with E-state index in [-0.39, 0.29) is 0 Å². The number of ether oxygens (including phenoxy) is 1. The molecule has 0 aliphatic rings. The maximum Gasteiger partial charge on any atom is 0.227 e. The van der Waals surface area contributed by atoms with Gasteiger partial charge in [0.05, 0.1) is 13.4 Å². The Labute approximate surface area is 156 Å². The van der Waals surface area contributed by atoms with Crippen molar-refractivity contribution in [2.45, 2.75) is 0 Å². The molecule has 0 saturated heterocycles. The van der Waals surface area contributed by atoms with Crippen LogP contribution in [0.15, 0.2) is 77.4 Å². The van der Waals surface area contributed by atoms with E-state index in [0.717, 1.165) is 33.4 Å². The molecule has 0 saturated carbocycles. The molecule has 4 rings (SSSR count). The molecule has 0 atom stereocenters. The molecule has 0 N–H and O–H groups in total. The Hall–Kier alpha value is -3.04. The van der Waals surface area contributed by atoms with Crippen LogP contribution in [-0.4, -0.2) is 12.1 Å². The molecule has 4 aromatic rings. The number of nitrogens with zero attached hydrogens (tertiary/aromatic N) is 1. The molecular weight excluding hydrogens is 346 g/mol. The molecule has 1 aromatic heterocycles. The second-order valence-corrected chi connectivity index (χ2v) is 6.25. The monoisotopic (exact) mass is 361 g/mol. The highest BCUT2D eigenvalue weighted by Crippen LogP contribution is 2.35. The van der Waals surface area contributed by atoms with Gasteiger partial charge in [0.1, 0.15) is 5.52 Å². The maximum atomic E-state index is 6.18. The summed E-state index contributed by atoms with van der Waals surface area (Å²) in [5, 5.41) is 0.666. The summed E-state index contributed by atoms with van der Waals surface area (Å²) in [4.78, 5) is 4.64. The maximum absolute atomic E-state index is 6.18. The molecule has 0 fully saturated rings. The van der Waals surface area contributed by atoms with Gasteiger partial charge in [-0.25, -0.2) is 4.98 Å². The van der Waals surface area contributed by atoms with E-state index in [2.05, 4.69) is 4.98 Å². The fourth-order valence-electron chi connectivity index (χ4n) is 2.92. The van der Waals surface area contributed by atoms with Crippen LogP contribution in [-0.2, 0) is 4.74 Å². The molecular formula is C22H16ClNO2. The number of oxazole rings is 1. The van der Waals surface area contributed by atoms with Gasteiger partial charge < -0.3 is 9.15 Å². The van der Waals surface area contributed by atoms with Gasteiger partial charge in [-0.1, -0.05) is 48.0 Å². The highest BCUT2D eigenvalue weighted by molar-refractivity contribution is 6.30. The van der Waals surface area contributed by atoms with Crippen LogP contribution in [0.3, 0.4) is 0 Å². The number of fused-ring (bicyclic) bond motifs is 1. The van der Waals surface area contributed by atoms with Crippen molar-refractivity contribution in [1.82, 2.24) is 4.98 Å². The Kier molecular flexibility index (Phi) is 4.46. The number of hydrogen-bond acceptors (Lipinski definition) is 3. The van der Waals surface area contributed by atoms with Gasteiger partial charge in [0.15, 0.2) is 5.58 Å². The Morgan fingerprint density at radius 2 is 1.81 bits per heavy atom. The van der Waals surface area contributed by atoms with Crippen molar-refractivity contribution in [3.05, 3.63) is 83.6 Å². The summed E-state index contributed by atoms with van der Waals surface area (Å²) in [6.45, 7) is 0. The summed E-state index contributed by atoms with van der Waals surface area (Å²) in [6, 6.07) is 21.6. The first-order valence-corrected chi connectivity index (χ1v) is 8.58. The highest BCUT2D eigenvalue weighted by atomic mass is 35.5. The zero-order valence-corrected chi connectivity index (χ0v) is 14.9. The summed E-state index contributed by atoms with van der Waals surface area (Å²) in [5.74, 6) is 0.607. The molecule has 0 bridgehead atoms. The van der Waals surface area contributed by atoms with Crippen LogP contribution in [0.5, 0.6) is 0 Å². The first kappa shape index (κ1) is 16.4. The molecule has 0 radical (unpaired) electrons. The zero-order chi connectivity index (χ0) is 17.9. The lowest BCUT2D eigenvalue weighted by molar-refractivity contribution is 0.341. The van der Waals surface area contributed by atoms with Gasteiger partial charge in [-0.05, 0) is 47.5 Å². The van der Waals surface area contributed by atoms with Crippen LogP contribution in [0.4, 0.5) is 0 Å². The number of methoxy groups -OCH3 is 1. The minimum atomic E-state index is 0.607. The average Bonchev–Trinajstić information content (AvgIpc) is 3.12. The van der Waals surface area contributed by atoms with Crippen molar-refractivity contribution in [3.63, 3.8) is 0 Å². The number of para-hydroxylation sites is 1. The topological polar surface area (TPSA) is 35.3 Å². The Morgan fingerprint density at radius 3 is 2.62 bits per heavy atom. The van der Waals surface area contributed by atoms with E-state index in [1.165, 1.54) is 0 Å². The highest BCUT2D eigenvalue weighted by Gasteiger charge is 2.14. The van der Waals surface area contributed by atoms with Crippen LogP contribution in [0.1, 0.15) is 5.56 Å². The summed E-state index contributed by atoms with van der Waals surface area (Å²) in [6.07, 6.45) is 3.51. The minimum Gasteiger partial charge on any atom is -0.504 e. The predicted octanol–water partition coefficient (Wildman–Crippen LogP) is 6.43. The van der Waals surface area contributed by atoms with Crippen LogP contribution in [0, 0.1) is 0 Å². The normalized spacial score (nSPS) is 11.3. The van der Waals surface area contributed by atoms with Crippen molar-refractivity contribution in [1.29, 1.82) is 0 Å². The van der Waals surface area contributed by atoms with Gasteiger partial charge in [0, 0.05) is 16.1 Å². The molecule has 26 heavy (non-hydrogen) atoms. The van der Waals surface area contributed by atoms with Crippen molar-refractivity contribution in [3.8, 4) is 22.6 Å². The SMILES string of the molecule is CO/C=C/c1cc(Cl)ccc1-c1cccc2nc(-c3ccccc3)oc12. The number of benzene rings is 3. The van der Waals surface area contributed by atoms with Crippen LogP contribution >= 0.6 is 11.6 Å². The summed E-state index contributed by atoms with van der Waals surface area (Å²) in [5.41, 5.74) is 5.43. The van der Waals surface area contributed by atoms with Crippen molar-refractivity contribution >= 4 is 28.8 Å². The lowest BCUT2D eigenvalue weighted by Gasteiger charge is -2.07. The van der Waals surface area contributed by atoms with E-state index in [1.807, 2.05) is 72.8 Å². The molecule has 0 amide bonds. The van der Waals surface area contributed by atoms with Crippen molar-refractivity contribution in [2.75, 3.05) is 7.11 Å². The molecule has 1 heterocycles. The smallest absolute Gasteiger partial charge is 0.227 e. The molecule has 3 aromatic carbocycles. The van der Waals surface area contributed by atoms with E-state index < -0.39 is 0 Å². The summed E-state index contributed by atoms with van der Waals surface area (Å²) >= 11 is 6.18. The van der Waals surface area contributed by atoms with Gasteiger partial charge in [-0.2, -0.15) is 0 Å².